The van der Waals surface area contributed by atoms with Crippen LogP contribution in [0.1, 0.15) is 21.6 Å². The van der Waals surface area contributed by atoms with Gasteiger partial charge in [0.2, 0.25) is 0 Å². The van der Waals surface area contributed by atoms with Crippen molar-refractivity contribution < 1.29 is 39.9 Å². The molecule has 190 valence electrons. The van der Waals surface area contributed by atoms with Crippen molar-refractivity contribution in [1.29, 1.82) is 0 Å². The molecule has 0 fully saturated rings. The Bertz CT molecular complexity index is 1610. The standard InChI is InChI=1S/C22H11F7N6O2/c23-12-6-13(24)19(26)11(18(12)25)9-34-4-3-17(33-34)32-21(36)10-8-30-35-16(22(27,28)29)7-14(31-20(10)35)15-2-1-5-37-15/h1-8H,9H2,(H,32,33,36). The minimum absolute atomic E-state index is 0.0209. The van der Waals surface area contributed by atoms with Gasteiger partial charge < -0.3 is 9.73 Å². The van der Waals surface area contributed by atoms with Gasteiger partial charge in [-0.15, -0.1) is 0 Å². The molecule has 4 aromatic heterocycles. The number of hydrogen-bond acceptors (Lipinski definition) is 5. The van der Waals surface area contributed by atoms with E-state index in [9.17, 15) is 35.5 Å². The summed E-state index contributed by atoms with van der Waals surface area (Å²) in [5.41, 5.74) is -3.13. The molecule has 0 radical (unpaired) electrons. The number of nitrogens with one attached hydrogen (secondary N) is 1. The summed E-state index contributed by atoms with van der Waals surface area (Å²) in [5, 5.41) is 9.79. The lowest BCUT2D eigenvalue weighted by Gasteiger charge is -2.10. The van der Waals surface area contributed by atoms with Crippen LogP contribution in [0, 0.1) is 23.3 Å². The van der Waals surface area contributed by atoms with Gasteiger partial charge in [0.25, 0.3) is 5.91 Å². The zero-order valence-electron chi connectivity index (χ0n) is 18.0. The van der Waals surface area contributed by atoms with Crippen LogP contribution in [0.25, 0.3) is 17.1 Å². The molecule has 1 aromatic carbocycles. The van der Waals surface area contributed by atoms with E-state index in [0.29, 0.717) is 4.52 Å². The molecule has 1 amide bonds. The van der Waals surface area contributed by atoms with Gasteiger partial charge >= 0.3 is 6.18 Å². The molecule has 0 saturated heterocycles. The lowest BCUT2D eigenvalue weighted by Crippen LogP contribution is -2.16. The second-order valence-electron chi connectivity index (χ2n) is 7.59. The number of furan rings is 1. The highest BCUT2D eigenvalue weighted by atomic mass is 19.4. The van der Waals surface area contributed by atoms with Gasteiger partial charge in [-0.2, -0.15) is 23.4 Å². The third-order valence-electron chi connectivity index (χ3n) is 5.19. The largest absolute Gasteiger partial charge is 0.463 e. The van der Waals surface area contributed by atoms with E-state index in [-0.39, 0.29) is 28.9 Å². The molecule has 1 N–H and O–H groups in total. The maximum absolute atomic E-state index is 13.9. The van der Waals surface area contributed by atoms with Crippen LogP contribution in [0.5, 0.6) is 0 Å². The van der Waals surface area contributed by atoms with Crippen molar-refractivity contribution in [2.45, 2.75) is 12.7 Å². The molecule has 0 saturated carbocycles. The average Bonchev–Trinajstić information content (AvgIpc) is 3.60. The first-order chi connectivity index (χ1) is 17.5. The minimum Gasteiger partial charge on any atom is -0.463 e. The number of nitrogens with zero attached hydrogens (tertiary/aromatic N) is 5. The summed E-state index contributed by atoms with van der Waals surface area (Å²) in [6, 6.07) is 4.81. The summed E-state index contributed by atoms with van der Waals surface area (Å²) in [6.45, 7) is -0.720. The summed E-state index contributed by atoms with van der Waals surface area (Å²) in [6.07, 6.45) is -1.58. The highest BCUT2D eigenvalue weighted by Gasteiger charge is 2.36. The monoisotopic (exact) mass is 524 g/mol. The third kappa shape index (κ3) is 4.39. The first kappa shape index (κ1) is 24.0. The van der Waals surface area contributed by atoms with Crippen LogP contribution in [0.15, 0.2) is 53.4 Å². The van der Waals surface area contributed by atoms with Gasteiger partial charge in [0.15, 0.2) is 46.2 Å². The number of anilines is 1. The fourth-order valence-corrected chi connectivity index (χ4v) is 3.50. The Morgan fingerprint density at radius 1 is 1.05 bits per heavy atom. The number of carbonyl (C=O) groups excluding carboxylic acids is 1. The lowest BCUT2D eigenvalue weighted by molar-refractivity contribution is -0.142. The van der Waals surface area contributed by atoms with Crippen molar-refractivity contribution in [2.75, 3.05) is 5.32 Å². The van der Waals surface area contributed by atoms with Crippen LogP contribution < -0.4 is 5.32 Å². The average molecular weight is 524 g/mol. The molecule has 0 atom stereocenters. The Balaban J connectivity index is 1.45. The second kappa shape index (κ2) is 8.76. The first-order valence-electron chi connectivity index (χ1n) is 10.2. The van der Waals surface area contributed by atoms with Crippen molar-refractivity contribution in [1.82, 2.24) is 24.4 Å². The zero-order valence-corrected chi connectivity index (χ0v) is 18.0. The fraction of sp³-hybridized carbons (Fsp3) is 0.0909. The molecule has 0 aliphatic heterocycles. The van der Waals surface area contributed by atoms with E-state index < -0.39 is 58.8 Å². The van der Waals surface area contributed by atoms with Crippen molar-refractivity contribution >= 4 is 17.4 Å². The zero-order chi connectivity index (χ0) is 26.5. The Morgan fingerprint density at radius 3 is 2.43 bits per heavy atom. The topological polar surface area (TPSA) is 90.2 Å². The summed E-state index contributed by atoms with van der Waals surface area (Å²) < 4.78 is 102. The smallest absolute Gasteiger partial charge is 0.433 e. The van der Waals surface area contributed by atoms with Crippen LogP contribution >= 0.6 is 0 Å². The molecule has 5 rings (SSSR count). The summed E-state index contributed by atoms with van der Waals surface area (Å²) in [4.78, 5) is 16.9. The SMILES string of the molecule is O=C(Nc1ccn(Cc2c(F)c(F)cc(F)c2F)n1)c1cnn2c(C(F)(F)F)cc(-c3ccco3)nc12. The van der Waals surface area contributed by atoms with Crippen molar-refractivity contribution in [2.24, 2.45) is 0 Å². The predicted molar refractivity (Wildman–Crippen MR) is 111 cm³/mol. The van der Waals surface area contributed by atoms with Gasteiger partial charge in [-0.1, -0.05) is 0 Å². The number of benzene rings is 1. The highest BCUT2D eigenvalue weighted by Crippen LogP contribution is 2.33. The third-order valence-corrected chi connectivity index (χ3v) is 5.19. The number of rotatable bonds is 5. The second-order valence-corrected chi connectivity index (χ2v) is 7.59. The number of aromatic nitrogens is 5. The number of fused-ring (bicyclic) bond motifs is 1. The number of carbonyl (C=O) groups is 1. The Kier molecular flexibility index (Phi) is 5.69. The van der Waals surface area contributed by atoms with E-state index in [2.05, 4.69) is 20.5 Å². The number of amides is 1. The Morgan fingerprint density at radius 2 is 1.78 bits per heavy atom. The number of hydrogen-bond donors (Lipinski definition) is 1. The van der Waals surface area contributed by atoms with Gasteiger partial charge in [-0.3, -0.25) is 9.48 Å². The number of alkyl halides is 3. The maximum Gasteiger partial charge on any atom is 0.433 e. The molecule has 15 heteroatoms. The van der Waals surface area contributed by atoms with Crippen LogP contribution in [-0.4, -0.2) is 30.3 Å². The summed E-state index contributed by atoms with van der Waals surface area (Å²) in [5.74, 6) is -7.51. The van der Waals surface area contributed by atoms with E-state index in [1.165, 1.54) is 24.5 Å². The first-order valence-corrected chi connectivity index (χ1v) is 10.2. The van der Waals surface area contributed by atoms with Gasteiger partial charge in [-0.05, 0) is 18.2 Å². The van der Waals surface area contributed by atoms with E-state index in [1.54, 1.807) is 0 Å². The molecule has 37 heavy (non-hydrogen) atoms. The van der Waals surface area contributed by atoms with Crippen LogP contribution in [0.2, 0.25) is 0 Å². The van der Waals surface area contributed by atoms with E-state index in [4.69, 9.17) is 4.42 Å². The summed E-state index contributed by atoms with van der Waals surface area (Å²) >= 11 is 0. The van der Waals surface area contributed by atoms with Crippen molar-refractivity contribution in [3.05, 3.63) is 89.1 Å². The van der Waals surface area contributed by atoms with Crippen LogP contribution in [-0.2, 0) is 12.7 Å². The minimum atomic E-state index is -4.85. The van der Waals surface area contributed by atoms with Crippen molar-refractivity contribution in [3.8, 4) is 11.5 Å². The molecule has 0 aliphatic rings. The fourth-order valence-electron chi connectivity index (χ4n) is 3.50. The van der Waals surface area contributed by atoms with E-state index in [0.717, 1.165) is 23.1 Å². The molecule has 5 aromatic rings. The molecule has 0 spiro atoms. The highest BCUT2D eigenvalue weighted by molar-refractivity contribution is 6.07. The molecular weight excluding hydrogens is 513 g/mol. The molecule has 0 aliphatic carbocycles. The molecule has 0 bridgehead atoms. The van der Waals surface area contributed by atoms with Gasteiger partial charge in [0.1, 0.15) is 11.3 Å². The Labute approximate surface area is 200 Å². The summed E-state index contributed by atoms with van der Waals surface area (Å²) in [7, 11) is 0. The van der Waals surface area contributed by atoms with E-state index in [1.807, 2.05) is 0 Å². The molecular formula is C22H11F7N6O2. The van der Waals surface area contributed by atoms with Gasteiger partial charge in [0.05, 0.1) is 24.6 Å². The lowest BCUT2D eigenvalue weighted by atomic mass is 10.2. The normalized spacial score (nSPS) is 11.9. The molecule has 4 heterocycles. The molecule has 8 nitrogen and oxygen atoms in total. The number of halogens is 7. The Hall–Kier alpha value is -4.69. The van der Waals surface area contributed by atoms with E-state index >= 15 is 0 Å². The van der Waals surface area contributed by atoms with Crippen LogP contribution in [0.4, 0.5) is 36.6 Å². The van der Waals surface area contributed by atoms with Crippen molar-refractivity contribution in [3.63, 3.8) is 0 Å². The van der Waals surface area contributed by atoms with Gasteiger partial charge in [0, 0.05) is 18.3 Å². The quantitative estimate of drug-likeness (QED) is 0.257. The molecule has 0 unspecified atom stereocenters. The maximum atomic E-state index is 13.9. The predicted octanol–water partition coefficient (Wildman–Crippen LogP) is 5.06. The van der Waals surface area contributed by atoms with Gasteiger partial charge in [-0.25, -0.2) is 27.1 Å². The van der Waals surface area contributed by atoms with Crippen LogP contribution in [0.3, 0.4) is 0 Å².